The summed E-state index contributed by atoms with van der Waals surface area (Å²) in [5, 5.41) is 10.1. The molecule has 1 aromatic rings. The van der Waals surface area contributed by atoms with Gasteiger partial charge in [-0.3, -0.25) is 4.79 Å². The molecule has 4 heteroatoms. The van der Waals surface area contributed by atoms with Gasteiger partial charge < -0.3 is 5.73 Å². The molecule has 0 fully saturated rings. The van der Waals surface area contributed by atoms with E-state index in [-0.39, 0.29) is 5.41 Å². The lowest BCUT2D eigenvalue weighted by Crippen LogP contribution is -2.28. The monoisotopic (exact) mass is 262 g/mol. The predicted molar refractivity (Wildman–Crippen MR) is 73.6 cm³/mol. The van der Waals surface area contributed by atoms with Crippen LogP contribution in [0.3, 0.4) is 0 Å². The summed E-state index contributed by atoms with van der Waals surface area (Å²) in [6, 6.07) is 2.51. The Hall–Kier alpha value is -1.34. The first-order chi connectivity index (χ1) is 8.51. The highest BCUT2D eigenvalue weighted by Crippen LogP contribution is 2.45. The van der Waals surface area contributed by atoms with Crippen LogP contribution in [0.2, 0.25) is 0 Å². The van der Waals surface area contributed by atoms with E-state index in [0.29, 0.717) is 16.5 Å². The minimum Gasteiger partial charge on any atom is -0.390 e. The van der Waals surface area contributed by atoms with Crippen LogP contribution in [0.5, 0.6) is 0 Å². The Bertz CT molecular complexity index is 513. The molecule has 0 saturated carbocycles. The molecule has 0 radical (unpaired) electrons. The van der Waals surface area contributed by atoms with E-state index >= 15 is 0 Å². The summed E-state index contributed by atoms with van der Waals surface area (Å²) in [5.74, 6) is 0.508. The Kier molecular flexibility index (Phi) is 3.45. The van der Waals surface area contributed by atoms with Gasteiger partial charge in [0.25, 0.3) is 0 Å². The van der Waals surface area contributed by atoms with Crippen LogP contribution in [0.1, 0.15) is 47.5 Å². The van der Waals surface area contributed by atoms with E-state index in [1.165, 1.54) is 11.3 Å². The van der Waals surface area contributed by atoms with Crippen molar-refractivity contribution in [3.8, 4) is 6.07 Å². The van der Waals surface area contributed by atoms with Gasteiger partial charge in [-0.05, 0) is 30.7 Å². The number of anilines is 1. The van der Waals surface area contributed by atoms with Crippen molar-refractivity contribution in [1.29, 1.82) is 5.26 Å². The Balaban J connectivity index is 2.35. The fourth-order valence-electron chi connectivity index (χ4n) is 2.95. The molecule has 96 valence electrons. The molecule has 1 aromatic heterocycles. The second-order valence-corrected chi connectivity index (χ2v) is 6.70. The quantitative estimate of drug-likeness (QED) is 0.851. The van der Waals surface area contributed by atoms with Crippen LogP contribution in [-0.2, 0) is 12.8 Å². The van der Waals surface area contributed by atoms with Gasteiger partial charge in [0.2, 0.25) is 0 Å². The Morgan fingerprint density at radius 3 is 2.89 bits per heavy atom. The molecule has 0 aliphatic heterocycles. The lowest BCUT2D eigenvalue weighted by Gasteiger charge is -2.32. The largest absolute Gasteiger partial charge is 0.390 e. The Morgan fingerprint density at radius 2 is 2.33 bits per heavy atom. The first-order valence-electron chi connectivity index (χ1n) is 6.28. The predicted octanol–water partition coefficient (Wildman–Crippen LogP) is 3.19. The number of hydrogen-bond acceptors (Lipinski definition) is 4. The van der Waals surface area contributed by atoms with Crippen LogP contribution in [-0.4, -0.2) is 6.29 Å². The van der Waals surface area contributed by atoms with Gasteiger partial charge in [0.1, 0.15) is 0 Å². The van der Waals surface area contributed by atoms with Gasteiger partial charge in [0.15, 0.2) is 6.29 Å². The highest BCUT2D eigenvalue weighted by Gasteiger charge is 2.37. The zero-order chi connectivity index (χ0) is 13.3. The van der Waals surface area contributed by atoms with Crippen molar-refractivity contribution in [3.63, 3.8) is 0 Å². The van der Waals surface area contributed by atoms with Crippen LogP contribution in [0.4, 0.5) is 5.00 Å². The van der Waals surface area contributed by atoms with E-state index in [9.17, 15) is 10.1 Å². The zero-order valence-corrected chi connectivity index (χ0v) is 11.6. The summed E-state index contributed by atoms with van der Waals surface area (Å²) in [4.78, 5) is 12.2. The minimum absolute atomic E-state index is 0.265. The number of nitrogens with zero attached hydrogens (tertiary/aromatic N) is 1. The van der Waals surface area contributed by atoms with Crippen LogP contribution >= 0.6 is 11.3 Å². The molecule has 2 N–H and O–H groups in total. The second kappa shape index (κ2) is 4.74. The molecule has 1 aliphatic rings. The number of nitriles is 1. The number of fused-ring (bicyclic) bond motifs is 1. The zero-order valence-electron chi connectivity index (χ0n) is 10.8. The van der Waals surface area contributed by atoms with Crippen LogP contribution < -0.4 is 5.73 Å². The number of rotatable bonds is 3. The second-order valence-electron chi connectivity index (χ2n) is 5.57. The van der Waals surface area contributed by atoms with Gasteiger partial charge in [-0.1, -0.05) is 13.8 Å². The molecule has 18 heavy (non-hydrogen) atoms. The van der Waals surface area contributed by atoms with Crippen LogP contribution in [0.15, 0.2) is 0 Å². The number of carbonyl (C=O) groups is 1. The van der Waals surface area contributed by atoms with E-state index in [4.69, 9.17) is 5.73 Å². The summed E-state index contributed by atoms with van der Waals surface area (Å²) < 4.78 is 0. The lowest BCUT2D eigenvalue weighted by molar-refractivity contribution is 0.112. The molecule has 1 unspecified atom stereocenters. The maximum atomic E-state index is 11.0. The van der Waals surface area contributed by atoms with E-state index in [1.807, 2.05) is 0 Å². The molecule has 2 rings (SSSR count). The summed E-state index contributed by atoms with van der Waals surface area (Å²) in [5.41, 5.74) is 7.35. The SMILES string of the molecule is CC(C)CC1(C#N)CCc2c(sc(N)c2C=O)C1. The fraction of sp³-hybridized carbons (Fsp3) is 0.571. The number of nitrogen functional groups attached to an aromatic ring is 1. The summed E-state index contributed by atoms with van der Waals surface area (Å²) in [6.45, 7) is 4.29. The third-order valence-corrected chi connectivity index (χ3v) is 4.74. The molecule has 3 nitrogen and oxygen atoms in total. The molecule has 0 aromatic carbocycles. The normalized spacial score (nSPS) is 22.6. The van der Waals surface area contributed by atoms with Crippen molar-refractivity contribution in [3.05, 3.63) is 16.0 Å². The van der Waals surface area contributed by atoms with E-state index < -0.39 is 0 Å². The van der Waals surface area contributed by atoms with Gasteiger partial charge in [-0.25, -0.2) is 0 Å². The maximum Gasteiger partial charge on any atom is 0.153 e. The highest BCUT2D eigenvalue weighted by atomic mass is 32.1. The summed E-state index contributed by atoms with van der Waals surface area (Å²) in [7, 11) is 0. The number of nitrogens with two attached hydrogens (primary N) is 1. The molecule has 1 atom stereocenters. The average molecular weight is 262 g/mol. The van der Waals surface area contributed by atoms with Crippen LogP contribution in [0, 0.1) is 22.7 Å². The summed E-state index contributed by atoms with van der Waals surface area (Å²) >= 11 is 1.48. The standard InChI is InChI=1S/C14H18N2OS/c1-9(2)5-14(8-15)4-3-10-11(7-17)13(16)18-12(10)6-14/h7,9H,3-6,16H2,1-2H3. The van der Waals surface area contributed by atoms with Crippen molar-refractivity contribution < 1.29 is 4.79 Å². The average Bonchev–Trinajstić information content (AvgIpc) is 2.62. The number of hydrogen-bond donors (Lipinski definition) is 1. The topological polar surface area (TPSA) is 66.9 Å². The van der Waals surface area contributed by atoms with Crippen molar-refractivity contribution in [1.82, 2.24) is 0 Å². The molecular formula is C14H18N2OS. The molecular weight excluding hydrogens is 244 g/mol. The molecule has 0 saturated heterocycles. The van der Waals surface area contributed by atoms with Gasteiger partial charge in [-0.2, -0.15) is 5.26 Å². The number of carbonyl (C=O) groups excluding carboxylic acids is 1. The van der Waals surface area contributed by atoms with Crippen molar-refractivity contribution in [2.75, 3.05) is 5.73 Å². The fourth-order valence-corrected chi connectivity index (χ4v) is 4.18. The number of aldehydes is 1. The van der Waals surface area contributed by atoms with Crippen LogP contribution in [0.25, 0.3) is 0 Å². The van der Waals surface area contributed by atoms with E-state index in [0.717, 1.165) is 42.4 Å². The highest BCUT2D eigenvalue weighted by molar-refractivity contribution is 7.16. The number of thiophene rings is 1. The lowest BCUT2D eigenvalue weighted by atomic mass is 9.70. The van der Waals surface area contributed by atoms with Gasteiger partial charge in [0.05, 0.1) is 22.0 Å². The van der Waals surface area contributed by atoms with E-state index in [2.05, 4.69) is 19.9 Å². The first kappa shape index (κ1) is 13.1. The Morgan fingerprint density at radius 1 is 1.61 bits per heavy atom. The van der Waals surface area contributed by atoms with Crippen molar-refractivity contribution in [2.24, 2.45) is 11.3 Å². The minimum atomic E-state index is -0.265. The van der Waals surface area contributed by atoms with Gasteiger partial charge in [-0.15, -0.1) is 11.3 Å². The van der Waals surface area contributed by atoms with Crippen molar-refractivity contribution >= 4 is 22.6 Å². The van der Waals surface area contributed by atoms with Gasteiger partial charge in [0, 0.05) is 11.3 Å². The van der Waals surface area contributed by atoms with Gasteiger partial charge >= 0.3 is 0 Å². The third-order valence-electron chi connectivity index (χ3n) is 3.67. The molecule has 1 aliphatic carbocycles. The molecule has 0 amide bonds. The smallest absolute Gasteiger partial charge is 0.153 e. The maximum absolute atomic E-state index is 11.0. The summed E-state index contributed by atoms with van der Waals surface area (Å²) in [6.07, 6.45) is 4.16. The van der Waals surface area contributed by atoms with E-state index in [1.54, 1.807) is 0 Å². The Labute approximate surface area is 112 Å². The molecule has 0 bridgehead atoms. The molecule has 1 heterocycles. The first-order valence-corrected chi connectivity index (χ1v) is 7.09. The van der Waals surface area contributed by atoms with Crippen molar-refractivity contribution in [2.45, 2.75) is 39.5 Å². The molecule has 0 spiro atoms. The third kappa shape index (κ3) is 2.15.